The van der Waals surface area contributed by atoms with Crippen LogP contribution in [0.1, 0.15) is 46.7 Å². The molecule has 0 aliphatic rings. The standard InChI is InChI=1S/C23H27N3O2/c1-16(2)28-22-11-7-19(8-12-22)14-24-23(27)21-9-5-20(6-10-21)15-26-18(4)13-17(3)25-26/h5-13,16H,14-15H2,1-4H3,(H,24,27). The van der Waals surface area contributed by atoms with E-state index in [4.69, 9.17) is 4.74 Å². The second-order valence-electron chi connectivity index (χ2n) is 7.27. The van der Waals surface area contributed by atoms with Crippen molar-refractivity contribution in [3.05, 3.63) is 82.7 Å². The molecule has 0 spiro atoms. The van der Waals surface area contributed by atoms with Gasteiger partial charge in [0.1, 0.15) is 5.75 Å². The van der Waals surface area contributed by atoms with Crippen LogP contribution in [0.15, 0.2) is 54.6 Å². The number of aryl methyl sites for hydroxylation is 2. The smallest absolute Gasteiger partial charge is 0.251 e. The van der Waals surface area contributed by atoms with Gasteiger partial charge in [0.2, 0.25) is 0 Å². The molecule has 0 unspecified atom stereocenters. The average Bonchev–Trinajstić information content (AvgIpc) is 2.98. The molecule has 0 radical (unpaired) electrons. The summed E-state index contributed by atoms with van der Waals surface area (Å²) >= 11 is 0. The molecule has 146 valence electrons. The molecule has 1 aromatic heterocycles. The minimum Gasteiger partial charge on any atom is -0.491 e. The van der Waals surface area contributed by atoms with Gasteiger partial charge >= 0.3 is 0 Å². The molecule has 0 aliphatic heterocycles. The summed E-state index contributed by atoms with van der Waals surface area (Å²) in [6, 6.07) is 17.5. The maximum absolute atomic E-state index is 12.4. The molecule has 1 amide bonds. The highest BCUT2D eigenvalue weighted by Gasteiger charge is 2.07. The van der Waals surface area contributed by atoms with Crippen LogP contribution in [0.4, 0.5) is 0 Å². The van der Waals surface area contributed by atoms with Crippen LogP contribution in [0.3, 0.4) is 0 Å². The van der Waals surface area contributed by atoms with Gasteiger partial charge in [-0.15, -0.1) is 0 Å². The second-order valence-corrected chi connectivity index (χ2v) is 7.27. The average molecular weight is 377 g/mol. The second kappa shape index (κ2) is 8.74. The number of hydrogen-bond donors (Lipinski definition) is 1. The van der Waals surface area contributed by atoms with Crippen molar-refractivity contribution in [3.63, 3.8) is 0 Å². The number of ether oxygens (including phenoxy) is 1. The van der Waals surface area contributed by atoms with Crippen LogP contribution in [-0.4, -0.2) is 21.8 Å². The molecule has 0 aliphatic carbocycles. The molecule has 0 saturated heterocycles. The third-order valence-corrected chi connectivity index (χ3v) is 4.40. The largest absolute Gasteiger partial charge is 0.491 e. The van der Waals surface area contributed by atoms with Gasteiger partial charge in [0.05, 0.1) is 18.3 Å². The van der Waals surface area contributed by atoms with E-state index in [-0.39, 0.29) is 12.0 Å². The van der Waals surface area contributed by atoms with Crippen LogP contribution in [0.25, 0.3) is 0 Å². The number of rotatable bonds is 7. The first-order valence-electron chi connectivity index (χ1n) is 9.54. The summed E-state index contributed by atoms with van der Waals surface area (Å²) < 4.78 is 7.60. The monoisotopic (exact) mass is 377 g/mol. The van der Waals surface area contributed by atoms with Crippen LogP contribution >= 0.6 is 0 Å². The van der Waals surface area contributed by atoms with Crippen molar-refractivity contribution in [2.75, 3.05) is 0 Å². The van der Waals surface area contributed by atoms with Crippen molar-refractivity contribution in [2.24, 2.45) is 0 Å². The Morgan fingerprint density at radius 2 is 1.68 bits per heavy atom. The van der Waals surface area contributed by atoms with E-state index in [0.29, 0.717) is 18.7 Å². The highest BCUT2D eigenvalue weighted by Crippen LogP contribution is 2.14. The zero-order valence-corrected chi connectivity index (χ0v) is 16.9. The van der Waals surface area contributed by atoms with E-state index in [2.05, 4.69) is 16.5 Å². The molecule has 3 rings (SSSR count). The Morgan fingerprint density at radius 1 is 1.04 bits per heavy atom. The van der Waals surface area contributed by atoms with Gasteiger partial charge in [-0.05, 0) is 69.2 Å². The first-order valence-corrected chi connectivity index (χ1v) is 9.54. The molecular weight excluding hydrogens is 350 g/mol. The topological polar surface area (TPSA) is 56.2 Å². The first kappa shape index (κ1) is 19.7. The summed E-state index contributed by atoms with van der Waals surface area (Å²) in [5, 5.41) is 7.44. The van der Waals surface area contributed by atoms with Crippen LogP contribution in [0.2, 0.25) is 0 Å². The van der Waals surface area contributed by atoms with Gasteiger partial charge in [-0.3, -0.25) is 9.48 Å². The Balaban J connectivity index is 1.55. The van der Waals surface area contributed by atoms with Gasteiger partial charge in [-0.2, -0.15) is 5.10 Å². The van der Waals surface area contributed by atoms with Gasteiger partial charge in [-0.25, -0.2) is 0 Å². The third kappa shape index (κ3) is 5.22. The van der Waals surface area contributed by atoms with Crippen molar-refractivity contribution < 1.29 is 9.53 Å². The third-order valence-electron chi connectivity index (χ3n) is 4.40. The van der Waals surface area contributed by atoms with Gasteiger partial charge < -0.3 is 10.1 Å². The number of carbonyl (C=O) groups excluding carboxylic acids is 1. The molecule has 3 aromatic rings. The minimum absolute atomic E-state index is 0.0832. The summed E-state index contributed by atoms with van der Waals surface area (Å²) in [6.07, 6.45) is 0.148. The van der Waals surface area contributed by atoms with Crippen LogP contribution in [0.5, 0.6) is 5.75 Å². The predicted octanol–water partition coefficient (Wildman–Crippen LogP) is 4.27. The van der Waals surface area contributed by atoms with Crippen LogP contribution in [0, 0.1) is 13.8 Å². The number of hydrogen-bond acceptors (Lipinski definition) is 3. The minimum atomic E-state index is -0.0832. The molecule has 5 nitrogen and oxygen atoms in total. The number of aromatic nitrogens is 2. The number of carbonyl (C=O) groups is 1. The highest BCUT2D eigenvalue weighted by atomic mass is 16.5. The predicted molar refractivity (Wildman–Crippen MR) is 111 cm³/mol. The van der Waals surface area contributed by atoms with E-state index in [1.165, 1.54) is 0 Å². The first-order chi connectivity index (χ1) is 13.4. The van der Waals surface area contributed by atoms with Crippen LogP contribution < -0.4 is 10.1 Å². The Kier molecular flexibility index (Phi) is 6.14. The molecule has 0 fully saturated rings. The molecule has 2 aromatic carbocycles. The van der Waals surface area contributed by atoms with Crippen molar-refractivity contribution in [2.45, 2.75) is 46.9 Å². The SMILES string of the molecule is Cc1cc(C)n(Cc2ccc(C(=O)NCc3ccc(OC(C)C)cc3)cc2)n1. The maximum atomic E-state index is 12.4. The van der Waals surface area contributed by atoms with Crippen molar-refractivity contribution in [3.8, 4) is 5.75 Å². The molecular formula is C23H27N3O2. The van der Waals surface area contributed by atoms with Gasteiger partial charge in [0, 0.05) is 17.8 Å². The Hall–Kier alpha value is -3.08. The lowest BCUT2D eigenvalue weighted by Gasteiger charge is -2.11. The molecule has 0 saturated carbocycles. The van der Waals surface area contributed by atoms with E-state index < -0.39 is 0 Å². The molecule has 5 heteroatoms. The Morgan fingerprint density at radius 3 is 2.25 bits per heavy atom. The fourth-order valence-corrected chi connectivity index (χ4v) is 3.01. The van der Waals surface area contributed by atoms with E-state index in [1.807, 2.05) is 80.9 Å². The number of benzene rings is 2. The summed E-state index contributed by atoms with van der Waals surface area (Å²) in [5.41, 5.74) is 4.94. The van der Waals surface area contributed by atoms with E-state index in [9.17, 15) is 4.79 Å². The lowest BCUT2D eigenvalue weighted by molar-refractivity contribution is 0.0951. The van der Waals surface area contributed by atoms with Crippen molar-refractivity contribution in [1.29, 1.82) is 0 Å². The lowest BCUT2D eigenvalue weighted by atomic mass is 10.1. The normalized spacial score (nSPS) is 10.9. The fraction of sp³-hybridized carbons (Fsp3) is 0.304. The molecule has 1 heterocycles. The summed E-state index contributed by atoms with van der Waals surface area (Å²) in [7, 11) is 0. The Bertz CT molecular complexity index is 925. The highest BCUT2D eigenvalue weighted by molar-refractivity contribution is 5.94. The molecule has 28 heavy (non-hydrogen) atoms. The summed E-state index contributed by atoms with van der Waals surface area (Å²) in [4.78, 5) is 12.4. The van der Waals surface area contributed by atoms with E-state index >= 15 is 0 Å². The summed E-state index contributed by atoms with van der Waals surface area (Å²) in [5.74, 6) is 0.753. The van der Waals surface area contributed by atoms with E-state index in [0.717, 1.165) is 28.3 Å². The van der Waals surface area contributed by atoms with Crippen LogP contribution in [-0.2, 0) is 13.1 Å². The van der Waals surface area contributed by atoms with Gasteiger partial charge in [0.15, 0.2) is 0 Å². The van der Waals surface area contributed by atoms with Gasteiger partial charge in [-0.1, -0.05) is 24.3 Å². The number of amides is 1. The number of nitrogens with one attached hydrogen (secondary N) is 1. The molecule has 0 bridgehead atoms. The zero-order chi connectivity index (χ0) is 20.1. The van der Waals surface area contributed by atoms with Crippen molar-refractivity contribution in [1.82, 2.24) is 15.1 Å². The number of nitrogens with zero attached hydrogens (tertiary/aromatic N) is 2. The Labute approximate surface area is 166 Å². The molecule has 1 N–H and O–H groups in total. The van der Waals surface area contributed by atoms with Crippen molar-refractivity contribution >= 4 is 5.91 Å². The summed E-state index contributed by atoms with van der Waals surface area (Å²) in [6.45, 7) is 9.21. The quantitative estimate of drug-likeness (QED) is 0.669. The lowest BCUT2D eigenvalue weighted by Crippen LogP contribution is -2.22. The molecule has 0 atom stereocenters. The zero-order valence-electron chi connectivity index (χ0n) is 16.9. The van der Waals surface area contributed by atoms with E-state index in [1.54, 1.807) is 0 Å². The fourth-order valence-electron chi connectivity index (χ4n) is 3.01. The maximum Gasteiger partial charge on any atom is 0.251 e. The van der Waals surface area contributed by atoms with Gasteiger partial charge in [0.25, 0.3) is 5.91 Å².